The van der Waals surface area contributed by atoms with Crippen molar-refractivity contribution in [1.82, 2.24) is 0 Å². The lowest BCUT2D eigenvalue weighted by Gasteiger charge is -2.15. The van der Waals surface area contributed by atoms with Crippen molar-refractivity contribution in [2.75, 3.05) is 5.73 Å². The van der Waals surface area contributed by atoms with Gasteiger partial charge in [-0.25, -0.2) is 0 Å². The second-order valence-corrected chi connectivity index (χ2v) is 6.23. The van der Waals surface area contributed by atoms with E-state index in [1.807, 2.05) is 6.07 Å². The molecule has 0 radical (unpaired) electrons. The zero-order chi connectivity index (χ0) is 15.8. The van der Waals surface area contributed by atoms with Crippen LogP contribution in [-0.2, 0) is 0 Å². The molecule has 0 unspecified atom stereocenters. The van der Waals surface area contributed by atoms with Crippen LogP contribution in [0.3, 0.4) is 0 Å². The monoisotopic (exact) mass is 349 g/mol. The summed E-state index contributed by atoms with van der Waals surface area (Å²) in [6.07, 6.45) is 0. The molecule has 0 bridgehead atoms. The molecule has 0 aliphatic carbocycles. The Morgan fingerprint density at radius 3 is 2.05 bits per heavy atom. The van der Waals surface area contributed by atoms with Gasteiger partial charge in [0, 0.05) is 32.6 Å². The number of hydrogen-bond acceptors (Lipinski definition) is 3. The van der Waals surface area contributed by atoms with E-state index in [2.05, 4.69) is 0 Å². The van der Waals surface area contributed by atoms with Gasteiger partial charge in [0.25, 0.3) is 0 Å². The Bertz CT molecular complexity index is 1200. The van der Waals surface area contributed by atoms with Crippen LogP contribution in [-0.4, -0.2) is 0 Å². The maximum atomic E-state index is 12.2. The van der Waals surface area contributed by atoms with Crippen LogP contribution < -0.4 is 16.6 Å². The Kier molecular flexibility index (Phi) is 2.74. The van der Waals surface area contributed by atoms with E-state index in [1.165, 1.54) is 0 Å². The van der Waals surface area contributed by atoms with Crippen LogP contribution in [0.5, 0.6) is 0 Å². The molecule has 22 heavy (non-hydrogen) atoms. The minimum Gasteiger partial charge on any atom is -0.398 e. The molecule has 0 saturated carbocycles. The largest absolute Gasteiger partial charge is 0.398 e. The smallest absolute Gasteiger partial charge is 0.245 e. The van der Waals surface area contributed by atoms with E-state index < -0.39 is 10.9 Å². The molecule has 0 aliphatic heterocycles. The Morgan fingerprint density at radius 1 is 0.682 bits per heavy atom. The van der Waals surface area contributed by atoms with Crippen molar-refractivity contribution in [2.45, 2.75) is 0 Å². The fraction of sp³-hybridized carbons (Fsp3) is 0. The van der Waals surface area contributed by atoms with Gasteiger partial charge in [-0.1, -0.05) is 46.9 Å². The molecule has 3 nitrogen and oxygen atoms in total. The second-order valence-electron chi connectivity index (χ2n) is 5.09. The van der Waals surface area contributed by atoms with E-state index in [0.29, 0.717) is 27.2 Å². The zero-order valence-electron chi connectivity index (χ0n) is 10.8. The molecule has 0 aromatic heterocycles. The van der Waals surface area contributed by atoms with E-state index in [4.69, 9.17) is 40.5 Å². The molecule has 0 amide bonds. The number of halogens is 3. The first-order chi connectivity index (χ1) is 10.4. The van der Waals surface area contributed by atoms with Crippen molar-refractivity contribution in [1.29, 1.82) is 0 Å². The summed E-state index contributed by atoms with van der Waals surface area (Å²) in [5, 5.41) is 3.36. The maximum Gasteiger partial charge on any atom is 0.245 e. The number of benzene rings is 4. The van der Waals surface area contributed by atoms with E-state index in [0.717, 1.165) is 5.39 Å². The van der Waals surface area contributed by atoms with Gasteiger partial charge in [-0.15, -0.1) is 0 Å². The van der Waals surface area contributed by atoms with Crippen molar-refractivity contribution >= 4 is 72.8 Å². The first kappa shape index (κ1) is 13.8. The zero-order valence-corrected chi connectivity index (χ0v) is 13.1. The molecule has 6 heteroatoms. The van der Waals surface area contributed by atoms with Crippen molar-refractivity contribution in [3.63, 3.8) is 0 Å². The average Bonchev–Trinajstić information content (AvgIpc) is 2.51. The number of nitrogen functional groups attached to an aromatic ring is 1. The third-order valence-electron chi connectivity index (χ3n) is 3.97. The summed E-state index contributed by atoms with van der Waals surface area (Å²) in [5.74, 6) is 0. The highest BCUT2D eigenvalue weighted by atomic mass is 35.5. The highest BCUT2D eigenvalue weighted by molar-refractivity contribution is 6.53. The molecule has 0 fully saturated rings. The van der Waals surface area contributed by atoms with E-state index >= 15 is 0 Å². The molecule has 0 spiro atoms. The Hall–Kier alpha value is -1.81. The first-order valence-electron chi connectivity index (χ1n) is 6.34. The van der Waals surface area contributed by atoms with Gasteiger partial charge >= 0.3 is 0 Å². The highest BCUT2D eigenvalue weighted by Gasteiger charge is 2.22. The van der Waals surface area contributed by atoms with Crippen molar-refractivity contribution < 1.29 is 0 Å². The number of nitrogens with two attached hydrogens (primary N) is 1. The van der Waals surface area contributed by atoms with Crippen molar-refractivity contribution in [3.05, 3.63) is 59.8 Å². The van der Waals surface area contributed by atoms with Crippen molar-refractivity contribution in [2.24, 2.45) is 0 Å². The van der Waals surface area contributed by atoms with E-state index in [-0.39, 0.29) is 20.5 Å². The molecule has 0 heterocycles. The molecular formula is C16H6Cl3NO2. The van der Waals surface area contributed by atoms with Crippen LogP contribution in [0.15, 0.2) is 33.9 Å². The standard InChI is InChI=1S/C16H6Cl3NO2/c17-12-10-7(20)4-2-5-1-3-6-9(8(5)10)11(13(12)18)14(19)16(22)15(6)21/h1-4H,20H2. The quantitative estimate of drug-likeness (QED) is 0.292. The van der Waals surface area contributed by atoms with Gasteiger partial charge in [-0.3, -0.25) is 9.59 Å². The van der Waals surface area contributed by atoms with Gasteiger partial charge < -0.3 is 5.73 Å². The molecular weight excluding hydrogens is 345 g/mol. The first-order valence-corrected chi connectivity index (χ1v) is 7.47. The molecule has 2 N–H and O–H groups in total. The van der Waals surface area contributed by atoms with Gasteiger partial charge in [-0.2, -0.15) is 0 Å². The Morgan fingerprint density at radius 2 is 1.32 bits per heavy atom. The summed E-state index contributed by atoms with van der Waals surface area (Å²) < 4.78 is 0. The normalized spacial score (nSPS) is 12.0. The molecule has 0 atom stereocenters. The van der Waals surface area contributed by atoms with Gasteiger partial charge in [-0.05, 0) is 17.5 Å². The van der Waals surface area contributed by atoms with E-state index in [1.54, 1.807) is 18.2 Å². The fourth-order valence-electron chi connectivity index (χ4n) is 2.99. The minimum atomic E-state index is -0.779. The topological polar surface area (TPSA) is 60.2 Å². The van der Waals surface area contributed by atoms with Gasteiger partial charge in [0.05, 0.1) is 10.0 Å². The van der Waals surface area contributed by atoms with E-state index in [9.17, 15) is 9.59 Å². The Labute approximate surface area is 138 Å². The molecule has 108 valence electrons. The SMILES string of the molecule is Nc1ccc2ccc3c(=O)c(=O)c(Cl)c4c(Cl)c(Cl)c1c2c43. The summed E-state index contributed by atoms with van der Waals surface area (Å²) in [6.45, 7) is 0. The van der Waals surface area contributed by atoms with Crippen LogP contribution in [0.2, 0.25) is 15.1 Å². The lowest BCUT2D eigenvalue weighted by molar-refractivity contribution is 1.56. The minimum absolute atomic E-state index is 0.131. The molecule has 0 aliphatic rings. The van der Waals surface area contributed by atoms with Gasteiger partial charge in [0.1, 0.15) is 5.02 Å². The lowest BCUT2D eigenvalue weighted by Crippen LogP contribution is -2.24. The van der Waals surface area contributed by atoms with Crippen LogP contribution in [0.4, 0.5) is 5.69 Å². The van der Waals surface area contributed by atoms with Gasteiger partial charge in [0.2, 0.25) is 10.9 Å². The number of hydrogen-bond donors (Lipinski definition) is 1. The average molecular weight is 351 g/mol. The molecule has 0 saturated heterocycles. The van der Waals surface area contributed by atoms with Crippen molar-refractivity contribution in [3.8, 4) is 0 Å². The predicted molar refractivity (Wildman–Crippen MR) is 93.3 cm³/mol. The predicted octanol–water partition coefficient (Wildman–Crippen LogP) is 4.28. The fourth-order valence-corrected chi connectivity index (χ4v) is 3.90. The van der Waals surface area contributed by atoms with Crippen LogP contribution in [0.25, 0.3) is 32.3 Å². The van der Waals surface area contributed by atoms with Crippen LogP contribution in [0, 0.1) is 0 Å². The third kappa shape index (κ3) is 1.48. The Balaban J connectivity index is 2.60. The summed E-state index contributed by atoms with van der Waals surface area (Å²) in [5.41, 5.74) is 5.04. The summed E-state index contributed by atoms with van der Waals surface area (Å²) in [6, 6.07) is 6.90. The molecule has 4 rings (SSSR count). The van der Waals surface area contributed by atoms with Gasteiger partial charge in [0.15, 0.2) is 0 Å². The number of anilines is 1. The third-order valence-corrected chi connectivity index (χ3v) is 5.18. The highest BCUT2D eigenvalue weighted by Crippen LogP contribution is 2.46. The molecule has 4 aromatic carbocycles. The summed E-state index contributed by atoms with van der Waals surface area (Å²) >= 11 is 18.8. The van der Waals surface area contributed by atoms with Crippen LogP contribution >= 0.6 is 34.8 Å². The number of rotatable bonds is 0. The maximum absolute atomic E-state index is 12.2. The summed E-state index contributed by atoms with van der Waals surface area (Å²) in [7, 11) is 0. The van der Waals surface area contributed by atoms with Crippen LogP contribution in [0.1, 0.15) is 0 Å². The lowest BCUT2D eigenvalue weighted by atomic mass is 9.93. The molecule has 4 aromatic rings. The second kappa shape index (κ2) is 4.35. The summed E-state index contributed by atoms with van der Waals surface area (Å²) in [4.78, 5) is 24.3.